The molecule has 1 aliphatic heterocycles. The van der Waals surface area contributed by atoms with Gasteiger partial charge < -0.3 is 9.74 Å². The lowest BCUT2D eigenvalue weighted by Crippen LogP contribution is -2.39. The van der Waals surface area contributed by atoms with Crippen molar-refractivity contribution in [3.05, 3.63) is 70.2 Å². The first kappa shape index (κ1) is 22.2. The van der Waals surface area contributed by atoms with Crippen LogP contribution in [0.15, 0.2) is 47.6 Å². The van der Waals surface area contributed by atoms with E-state index in [9.17, 15) is 13.6 Å². The summed E-state index contributed by atoms with van der Waals surface area (Å²) in [6.45, 7) is 6.20. The van der Waals surface area contributed by atoms with Crippen molar-refractivity contribution in [3.63, 3.8) is 0 Å². The van der Waals surface area contributed by atoms with Crippen LogP contribution in [0.25, 0.3) is 0 Å². The molecule has 7 heteroatoms. The van der Waals surface area contributed by atoms with Gasteiger partial charge in [0.2, 0.25) is 5.91 Å². The molecule has 0 unspecified atom stereocenters. The van der Waals surface area contributed by atoms with Gasteiger partial charge in [0.05, 0.1) is 12.3 Å². The molecular weight excluding hydrogens is 410 g/mol. The van der Waals surface area contributed by atoms with E-state index in [1.54, 1.807) is 17.0 Å². The van der Waals surface area contributed by atoms with Gasteiger partial charge >= 0.3 is 0 Å². The largest absolute Gasteiger partial charge is 0.390 e. The molecule has 1 aliphatic rings. The lowest BCUT2D eigenvalue weighted by Gasteiger charge is -2.28. The van der Waals surface area contributed by atoms with Crippen LogP contribution in [0.5, 0.6) is 0 Å². The van der Waals surface area contributed by atoms with Crippen LogP contribution in [-0.2, 0) is 16.2 Å². The fourth-order valence-electron chi connectivity index (χ4n) is 3.26. The van der Waals surface area contributed by atoms with Crippen LogP contribution >= 0.6 is 11.6 Å². The maximum Gasteiger partial charge on any atom is 0.223 e. The summed E-state index contributed by atoms with van der Waals surface area (Å²) >= 11 is 5.93. The molecule has 160 valence electrons. The van der Waals surface area contributed by atoms with Gasteiger partial charge in [-0.2, -0.15) is 0 Å². The highest BCUT2D eigenvalue weighted by Crippen LogP contribution is 2.24. The fourth-order valence-corrected chi connectivity index (χ4v) is 3.39. The first-order chi connectivity index (χ1) is 14.1. The molecule has 3 rings (SSSR count). The van der Waals surface area contributed by atoms with Crippen LogP contribution in [0, 0.1) is 17.0 Å². The zero-order valence-corrected chi connectivity index (χ0v) is 18.0. The van der Waals surface area contributed by atoms with E-state index in [1.165, 1.54) is 12.1 Å². The van der Waals surface area contributed by atoms with Crippen molar-refractivity contribution in [2.24, 2.45) is 10.6 Å². The van der Waals surface area contributed by atoms with Crippen LogP contribution in [0.3, 0.4) is 0 Å². The first-order valence-electron chi connectivity index (χ1n) is 9.81. The Kier molecular flexibility index (Phi) is 6.76. The molecule has 0 saturated carbocycles. The van der Waals surface area contributed by atoms with E-state index in [1.807, 2.05) is 32.9 Å². The van der Waals surface area contributed by atoms with E-state index in [0.29, 0.717) is 17.9 Å². The highest BCUT2D eigenvalue weighted by Gasteiger charge is 2.29. The molecule has 2 aromatic rings. The average molecular weight is 435 g/mol. The summed E-state index contributed by atoms with van der Waals surface area (Å²) in [4.78, 5) is 20.1. The van der Waals surface area contributed by atoms with Gasteiger partial charge in [0, 0.05) is 36.0 Å². The van der Waals surface area contributed by atoms with Gasteiger partial charge in [-0.1, -0.05) is 55.7 Å². The van der Waals surface area contributed by atoms with Crippen LogP contribution < -0.4 is 0 Å². The standard InChI is InChI=1S/C23H25ClF2N2O2/c1-23(2,3)12-22(29)28(13-16-6-9-18(25)10-20(16)26)14-19-11-21(27-30-19)15-4-7-17(24)8-5-15/h4-10,19H,11-14H2,1-3H3/t19-/m1/s1. The average Bonchev–Trinajstić information content (AvgIpc) is 3.11. The third kappa shape index (κ3) is 6.02. The van der Waals surface area contributed by atoms with Gasteiger partial charge in [-0.15, -0.1) is 0 Å². The van der Waals surface area contributed by atoms with Crippen molar-refractivity contribution in [3.8, 4) is 0 Å². The summed E-state index contributed by atoms with van der Waals surface area (Å²) in [5.74, 6) is -1.44. The smallest absolute Gasteiger partial charge is 0.223 e. The number of benzene rings is 2. The molecule has 0 spiro atoms. The van der Waals surface area contributed by atoms with Crippen molar-refractivity contribution in [1.29, 1.82) is 0 Å². The van der Waals surface area contributed by atoms with Crippen molar-refractivity contribution in [2.75, 3.05) is 6.54 Å². The van der Waals surface area contributed by atoms with E-state index in [0.717, 1.165) is 17.3 Å². The zero-order chi connectivity index (χ0) is 21.9. The number of oxime groups is 1. The van der Waals surface area contributed by atoms with Crippen molar-refractivity contribution in [2.45, 2.75) is 46.3 Å². The topological polar surface area (TPSA) is 41.9 Å². The Morgan fingerprint density at radius 1 is 1.20 bits per heavy atom. The number of hydrogen-bond acceptors (Lipinski definition) is 3. The quantitative estimate of drug-likeness (QED) is 0.595. The zero-order valence-electron chi connectivity index (χ0n) is 17.3. The lowest BCUT2D eigenvalue weighted by atomic mass is 9.91. The number of nitrogens with zero attached hydrogens (tertiary/aromatic N) is 2. The van der Waals surface area contributed by atoms with Crippen LogP contribution in [0.1, 0.15) is 44.7 Å². The normalized spacial score (nSPS) is 16.2. The molecule has 30 heavy (non-hydrogen) atoms. The molecule has 0 N–H and O–H groups in total. The van der Waals surface area contributed by atoms with Crippen molar-refractivity contribution in [1.82, 2.24) is 4.90 Å². The highest BCUT2D eigenvalue weighted by molar-refractivity contribution is 6.30. The van der Waals surface area contributed by atoms with Gasteiger partial charge in [-0.3, -0.25) is 4.79 Å². The minimum atomic E-state index is -0.672. The van der Waals surface area contributed by atoms with E-state index in [2.05, 4.69) is 5.16 Å². The molecule has 0 bridgehead atoms. The lowest BCUT2D eigenvalue weighted by molar-refractivity contribution is -0.135. The van der Waals surface area contributed by atoms with Crippen LogP contribution in [-0.4, -0.2) is 29.2 Å². The summed E-state index contributed by atoms with van der Waals surface area (Å²) in [5.41, 5.74) is 1.71. The molecule has 2 aromatic carbocycles. The monoisotopic (exact) mass is 434 g/mol. The molecule has 1 atom stereocenters. The summed E-state index contributed by atoms with van der Waals surface area (Å²) in [6, 6.07) is 10.7. The fraction of sp³-hybridized carbons (Fsp3) is 0.391. The molecule has 0 aliphatic carbocycles. The Balaban J connectivity index is 1.72. The van der Waals surface area contributed by atoms with E-state index < -0.39 is 11.6 Å². The Labute approximate surface area is 180 Å². The first-order valence-corrected chi connectivity index (χ1v) is 10.2. The van der Waals surface area contributed by atoms with Crippen molar-refractivity contribution < 1.29 is 18.4 Å². The molecule has 1 amide bonds. The summed E-state index contributed by atoms with van der Waals surface area (Å²) in [6.07, 6.45) is 0.475. The number of halogens is 3. The predicted octanol–water partition coefficient (Wildman–Crippen LogP) is 5.58. The van der Waals surface area contributed by atoms with Crippen LogP contribution in [0.2, 0.25) is 5.02 Å². The second-order valence-electron chi connectivity index (χ2n) is 8.72. The Morgan fingerprint density at radius 2 is 1.90 bits per heavy atom. The van der Waals surface area contributed by atoms with Gasteiger partial charge in [0.15, 0.2) is 6.10 Å². The Morgan fingerprint density at radius 3 is 2.53 bits per heavy atom. The molecular formula is C23H25ClF2N2O2. The number of carbonyl (C=O) groups is 1. The number of rotatable bonds is 6. The minimum Gasteiger partial charge on any atom is -0.390 e. The summed E-state index contributed by atoms with van der Waals surface area (Å²) < 4.78 is 27.5. The Hall–Kier alpha value is -2.47. The number of hydrogen-bond donors (Lipinski definition) is 0. The van der Waals surface area contributed by atoms with E-state index in [4.69, 9.17) is 16.4 Å². The van der Waals surface area contributed by atoms with Gasteiger partial charge in [-0.25, -0.2) is 8.78 Å². The number of carbonyl (C=O) groups excluding carboxylic acids is 1. The Bertz CT molecular complexity index is 939. The van der Waals surface area contributed by atoms with Gasteiger partial charge in [0.1, 0.15) is 11.6 Å². The molecule has 0 saturated heterocycles. The SMILES string of the molecule is CC(C)(C)CC(=O)N(Cc1ccc(F)cc1F)C[C@H]1CC(c2ccc(Cl)cc2)=NO1. The molecule has 1 heterocycles. The second kappa shape index (κ2) is 9.13. The molecule has 0 aromatic heterocycles. The maximum atomic E-state index is 14.2. The number of amides is 1. The third-order valence-electron chi connectivity index (χ3n) is 4.75. The minimum absolute atomic E-state index is 0.0389. The highest BCUT2D eigenvalue weighted by atomic mass is 35.5. The van der Waals surface area contributed by atoms with Crippen molar-refractivity contribution >= 4 is 23.2 Å². The summed E-state index contributed by atoms with van der Waals surface area (Å²) in [7, 11) is 0. The molecule has 4 nitrogen and oxygen atoms in total. The molecule has 0 fully saturated rings. The van der Waals surface area contributed by atoms with Gasteiger partial charge in [0.25, 0.3) is 0 Å². The van der Waals surface area contributed by atoms with E-state index >= 15 is 0 Å². The van der Waals surface area contributed by atoms with Gasteiger partial charge in [-0.05, 0) is 29.2 Å². The predicted molar refractivity (Wildman–Crippen MR) is 113 cm³/mol. The van der Waals surface area contributed by atoms with E-state index in [-0.39, 0.29) is 36.1 Å². The molecule has 0 radical (unpaired) electrons. The maximum absolute atomic E-state index is 14.2. The summed E-state index contributed by atoms with van der Waals surface area (Å²) in [5, 5.41) is 4.79. The second-order valence-corrected chi connectivity index (χ2v) is 9.16. The third-order valence-corrected chi connectivity index (χ3v) is 5.00. The van der Waals surface area contributed by atoms with Crippen LogP contribution in [0.4, 0.5) is 8.78 Å².